The highest BCUT2D eigenvalue weighted by atomic mass is 16.3. The van der Waals surface area contributed by atoms with Gasteiger partial charge < -0.3 is 19.5 Å². The third-order valence-corrected chi connectivity index (χ3v) is 13.7. The summed E-state index contributed by atoms with van der Waals surface area (Å²) in [5.41, 5.74) is 21.7. The normalized spacial score (nSPS) is 12.1. The van der Waals surface area contributed by atoms with Gasteiger partial charge in [-0.05, 0) is 130 Å². The standard InChI is InChI=1S/C65H51BN3O/c1-43-39-48(65(2,3)4)32-38-58(43)69-59-37-31-47(45-21-11-6-12-22-45)40-56(59)66-63-55(42-61-62(64(63)69)54-27-17-18-28-60(54)70-61)53-36-35-52(68(50-23-13-7-14-24-50)51-25-15-8-16-26-51)41-57(53)67-49-33-29-46(30-34-49)44-19-9-5-10-20-44/h5-42,67H,1-4H3. The minimum Gasteiger partial charge on any atom is -0.456 e. The zero-order valence-corrected chi connectivity index (χ0v) is 39.8. The second-order valence-electron chi connectivity index (χ2n) is 19.3. The fourth-order valence-electron chi connectivity index (χ4n) is 10.2. The molecule has 10 aromatic carbocycles. The van der Waals surface area contributed by atoms with Gasteiger partial charge in [-0.25, -0.2) is 0 Å². The molecule has 0 atom stereocenters. The second-order valence-corrected chi connectivity index (χ2v) is 19.3. The van der Waals surface area contributed by atoms with Crippen LogP contribution in [0.2, 0.25) is 0 Å². The molecule has 1 aromatic heterocycles. The van der Waals surface area contributed by atoms with E-state index in [-0.39, 0.29) is 5.41 Å². The molecular formula is C65H51BN3O. The molecule has 0 fully saturated rings. The average molecular weight is 901 g/mol. The zero-order valence-electron chi connectivity index (χ0n) is 39.8. The molecule has 0 saturated heterocycles. The van der Waals surface area contributed by atoms with Crippen molar-refractivity contribution in [3.63, 3.8) is 0 Å². The van der Waals surface area contributed by atoms with E-state index in [1.54, 1.807) is 0 Å². The molecule has 0 bridgehead atoms. The van der Waals surface area contributed by atoms with Gasteiger partial charge in [0.15, 0.2) is 7.28 Å². The van der Waals surface area contributed by atoms with Crippen LogP contribution in [-0.2, 0) is 5.41 Å². The van der Waals surface area contributed by atoms with E-state index in [9.17, 15) is 0 Å². The highest BCUT2D eigenvalue weighted by molar-refractivity contribution is 6.74. The lowest BCUT2D eigenvalue weighted by molar-refractivity contribution is 0.590. The number of hydrogen-bond donors (Lipinski definition) is 1. The van der Waals surface area contributed by atoms with E-state index in [0.29, 0.717) is 0 Å². The summed E-state index contributed by atoms with van der Waals surface area (Å²) in [5, 5.41) is 6.14. The largest absolute Gasteiger partial charge is 0.456 e. The summed E-state index contributed by atoms with van der Waals surface area (Å²) in [6, 6.07) is 82.7. The maximum Gasteiger partial charge on any atom is 0.197 e. The molecule has 0 amide bonds. The highest BCUT2D eigenvalue weighted by Gasteiger charge is 2.33. The number of hydrogen-bond acceptors (Lipinski definition) is 4. The summed E-state index contributed by atoms with van der Waals surface area (Å²) < 4.78 is 6.95. The van der Waals surface area contributed by atoms with Crippen LogP contribution in [0.3, 0.4) is 0 Å². The van der Waals surface area contributed by atoms with Gasteiger partial charge in [0.25, 0.3) is 0 Å². The van der Waals surface area contributed by atoms with Gasteiger partial charge >= 0.3 is 0 Å². The predicted molar refractivity (Wildman–Crippen MR) is 298 cm³/mol. The summed E-state index contributed by atoms with van der Waals surface area (Å²) in [6.07, 6.45) is 0. The minimum atomic E-state index is -0.00536. The Labute approximate surface area is 411 Å². The maximum atomic E-state index is 6.95. The molecule has 1 aliphatic heterocycles. The third kappa shape index (κ3) is 7.80. The van der Waals surface area contributed by atoms with Gasteiger partial charge in [0.2, 0.25) is 0 Å². The minimum absolute atomic E-state index is 0.00536. The van der Waals surface area contributed by atoms with Crippen molar-refractivity contribution in [1.29, 1.82) is 0 Å². The van der Waals surface area contributed by atoms with Crippen LogP contribution in [-0.4, -0.2) is 7.28 Å². The lowest BCUT2D eigenvalue weighted by Gasteiger charge is -2.37. The van der Waals surface area contributed by atoms with Crippen LogP contribution in [0.5, 0.6) is 0 Å². The highest BCUT2D eigenvalue weighted by Crippen LogP contribution is 2.48. The first-order chi connectivity index (χ1) is 34.2. The molecule has 1 N–H and O–H groups in total. The number of anilines is 8. The van der Waals surface area contributed by atoms with Gasteiger partial charge in [-0.3, -0.25) is 0 Å². The average Bonchev–Trinajstić information content (AvgIpc) is 3.77. The second kappa shape index (κ2) is 17.5. The number of rotatable bonds is 9. The van der Waals surface area contributed by atoms with Crippen molar-refractivity contribution < 1.29 is 4.42 Å². The van der Waals surface area contributed by atoms with Crippen molar-refractivity contribution in [2.45, 2.75) is 33.1 Å². The van der Waals surface area contributed by atoms with Crippen LogP contribution < -0.4 is 26.0 Å². The molecule has 0 aliphatic carbocycles. The smallest absolute Gasteiger partial charge is 0.197 e. The molecule has 1 aliphatic rings. The number of furan rings is 1. The summed E-state index contributed by atoms with van der Waals surface area (Å²) in [4.78, 5) is 4.83. The van der Waals surface area contributed by atoms with Gasteiger partial charge in [0.05, 0.1) is 11.1 Å². The van der Waals surface area contributed by atoms with E-state index in [0.717, 1.165) is 95.1 Å². The first-order valence-corrected chi connectivity index (χ1v) is 24.2. The van der Waals surface area contributed by atoms with Crippen LogP contribution in [0.4, 0.5) is 45.5 Å². The zero-order chi connectivity index (χ0) is 47.3. The summed E-state index contributed by atoms with van der Waals surface area (Å²) in [5.74, 6) is 0. The van der Waals surface area contributed by atoms with Crippen molar-refractivity contribution in [1.82, 2.24) is 0 Å². The first kappa shape index (κ1) is 42.8. The monoisotopic (exact) mass is 900 g/mol. The molecule has 2 heterocycles. The molecule has 5 heteroatoms. The fraction of sp³-hybridized carbons (Fsp3) is 0.0769. The van der Waals surface area contributed by atoms with E-state index in [1.807, 2.05) is 0 Å². The van der Waals surface area contributed by atoms with E-state index in [1.165, 1.54) is 27.8 Å². The van der Waals surface area contributed by atoms with Crippen LogP contribution in [0, 0.1) is 6.92 Å². The van der Waals surface area contributed by atoms with Gasteiger partial charge in [-0.1, -0.05) is 184 Å². The number of nitrogens with zero attached hydrogens (tertiary/aromatic N) is 2. The van der Waals surface area contributed by atoms with Gasteiger partial charge in [0, 0.05) is 50.8 Å². The Balaban J connectivity index is 1.12. The lowest BCUT2D eigenvalue weighted by atomic mass is 9.57. The van der Waals surface area contributed by atoms with Crippen LogP contribution in [0.25, 0.3) is 55.3 Å². The Morgan fingerprint density at radius 2 is 1.07 bits per heavy atom. The Hall–Kier alpha value is -8.54. The number of benzene rings is 10. The number of aryl methyl sites for hydroxylation is 1. The van der Waals surface area contributed by atoms with E-state index in [2.05, 4.69) is 281 Å². The van der Waals surface area contributed by atoms with Crippen LogP contribution in [0.1, 0.15) is 31.9 Å². The molecule has 0 spiro atoms. The Bertz CT molecular complexity index is 3650. The number of para-hydroxylation sites is 3. The Morgan fingerprint density at radius 3 is 1.73 bits per heavy atom. The third-order valence-electron chi connectivity index (χ3n) is 13.7. The van der Waals surface area contributed by atoms with Crippen LogP contribution in [0.15, 0.2) is 235 Å². The predicted octanol–water partition coefficient (Wildman–Crippen LogP) is 16.8. The van der Waals surface area contributed by atoms with Gasteiger partial charge in [-0.15, -0.1) is 0 Å². The number of fused-ring (bicyclic) bond motifs is 6. The first-order valence-electron chi connectivity index (χ1n) is 24.2. The molecule has 12 rings (SSSR count). The SMILES string of the molecule is Cc1cc(C(C)(C)C)ccc1N1c2ccc(-c3ccccc3)cc2[B]c2c(-c3ccc(N(c4ccccc4)c4ccccc4)cc3Nc3ccc(-c4ccccc4)cc3)cc3oc4ccccc4c3c21. The van der Waals surface area contributed by atoms with Crippen molar-refractivity contribution in [3.8, 4) is 33.4 Å². The topological polar surface area (TPSA) is 31.6 Å². The molecule has 335 valence electrons. The molecule has 4 nitrogen and oxygen atoms in total. The lowest BCUT2D eigenvalue weighted by Crippen LogP contribution is -2.41. The molecule has 1 radical (unpaired) electrons. The molecule has 11 aromatic rings. The number of nitrogens with one attached hydrogen (secondary N) is 1. The Morgan fingerprint density at radius 1 is 0.486 bits per heavy atom. The summed E-state index contributed by atoms with van der Waals surface area (Å²) in [6.45, 7) is 9.11. The molecular weight excluding hydrogens is 850 g/mol. The van der Waals surface area contributed by atoms with Crippen molar-refractivity contribution >= 4 is 85.6 Å². The molecule has 70 heavy (non-hydrogen) atoms. The fourth-order valence-corrected chi connectivity index (χ4v) is 10.2. The summed E-state index contributed by atoms with van der Waals surface area (Å²) in [7, 11) is 2.41. The van der Waals surface area contributed by atoms with E-state index >= 15 is 0 Å². The van der Waals surface area contributed by atoms with Crippen molar-refractivity contribution in [2.75, 3.05) is 15.1 Å². The Kier molecular flexibility index (Phi) is 10.7. The maximum absolute atomic E-state index is 6.95. The van der Waals surface area contributed by atoms with Crippen molar-refractivity contribution in [3.05, 3.63) is 242 Å². The van der Waals surface area contributed by atoms with Crippen LogP contribution >= 0.6 is 0 Å². The van der Waals surface area contributed by atoms with E-state index < -0.39 is 0 Å². The summed E-state index contributed by atoms with van der Waals surface area (Å²) >= 11 is 0. The van der Waals surface area contributed by atoms with E-state index in [4.69, 9.17) is 4.42 Å². The quantitative estimate of drug-likeness (QED) is 0.146. The van der Waals surface area contributed by atoms with Gasteiger partial charge in [0.1, 0.15) is 11.2 Å². The van der Waals surface area contributed by atoms with Crippen molar-refractivity contribution in [2.24, 2.45) is 0 Å². The molecule has 0 saturated carbocycles. The molecule has 0 unspecified atom stereocenters. The van der Waals surface area contributed by atoms with Gasteiger partial charge in [-0.2, -0.15) is 0 Å².